The van der Waals surface area contributed by atoms with Crippen molar-refractivity contribution in [3.8, 4) is 0 Å². The maximum atomic E-state index is 12.6. The predicted molar refractivity (Wildman–Crippen MR) is 89.0 cm³/mol. The number of carbonyl (C=O) groups is 2. The van der Waals surface area contributed by atoms with Crippen molar-refractivity contribution in [3.63, 3.8) is 0 Å². The molecule has 1 aliphatic heterocycles. The number of cyclic esters (lactones) is 1. The SMILES string of the molecule is Cc1ccc([C@@](C)(S)CC(=O)N2C(=O)OC[C@@H]2C(C)C)cc1. The molecule has 1 saturated heterocycles. The first-order valence-corrected chi connectivity index (χ1v) is 7.95. The van der Waals surface area contributed by atoms with E-state index in [9.17, 15) is 9.59 Å². The molecule has 0 N–H and O–H groups in total. The van der Waals surface area contributed by atoms with Gasteiger partial charge in [-0.2, -0.15) is 12.6 Å². The first kappa shape index (κ1) is 16.9. The standard InChI is InChI=1S/C17H23NO3S/c1-11(2)14-10-21-16(20)18(14)15(19)9-17(4,22)13-7-5-12(3)6-8-13/h5-8,11,14,22H,9-10H2,1-4H3/t14-,17+/m1/s1. The summed E-state index contributed by atoms with van der Waals surface area (Å²) in [6.45, 7) is 8.14. The van der Waals surface area contributed by atoms with Crippen molar-refractivity contribution >= 4 is 24.6 Å². The normalized spacial score (nSPS) is 20.9. The quantitative estimate of drug-likeness (QED) is 0.863. The van der Waals surface area contributed by atoms with Crippen LogP contribution in [0.5, 0.6) is 0 Å². The monoisotopic (exact) mass is 321 g/mol. The molecule has 2 amide bonds. The number of hydrogen-bond acceptors (Lipinski definition) is 4. The molecule has 1 aliphatic rings. The summed E-state index contributed by atoms with van der Waals surface area (Å²) in [6, 6.07) is 7.74. The first-order chi connectivity index (χ1) is 10.2. The van der Waals surface area contributed by atoms with Gasteiger partial charge in [-0.3, -0.25) is 4.79 Å². The molecule has 1 heterocycles. The van der Waals surface area contributed by atoms with E-state index in [-0.39, 0.29) is 30.9 Å². The number of imide groups is 1. The fourth-order valence-corrected chi connectivity index (χ4v) is 2.89. The molecule has 2 rings (SSSR count). The number of rotatable bonds is 4. The van der Waals surface area contributed by atoms with E-state index in [1.165, 1.54) is 4.90 Å². The maximum absolute atomic E-state index is 12.6. The van der Waals surface area contributed by atoms with Gasteiger partial charge in [0.15, 0.2) is 0 Å². The van der Waals surface area contributed by atoms with Crippen LogP contribution in [-0.2, 0) is 14.3 Å². The summed E-state index contributed by atoms with van der Waals surface area (Å²) in [4.78, 5) is 25.7. The molecule has 22 heavy (non-hydrogen) atoms. The van der Waals surface area contributed by atoms with Gasteiger partial charge in [-0.15, -0.1) is 0 Å². The van der Waals surface area contributed by atoms with Crippen LogP contribution in [0, 0.1) is 12.8 Å². The summed E-state index contributed by atoms with van der Waals surface area (Å²) in [5.41, 5.74) is 2.12. The van der Waals surface area contributed by atoms with Crippen molar-refractivity contribution in [2.24, 2.45) is 5.92 Å². The number of hydrogen-bond donors (Lipinski definition) is 1. The third-order valence-electron chi connectivity index (χ3n) is 4.11. The van der Waals surface area contributed by atoms with Crippen LogP contribution in [0.3, 0.4) is 0 Å². The van der Waals surface area contributed by atoms with Gasteiger partial charge in [-0.1, -0.05) is 43.7 Å². The predicted octanol–water partition coefficient (Wildman–Crippen LogP) is 3.53. The van der Waals surface area contributed by atoms with E-state index in [1.54, 1.807) is 0 Å². The van der Waals surface area contributed by atoms with Gasteiger partial charge in [0, 0.05) is 11.2 Å². The number of thiol groups is 1. The van der Waals surface area contributed by atoms with Gasteiger partial charge in [0.2, 0.25) is 5.91 Å². The second-order valence-electron chi connectivity index (χ2n) is 6.47. The zero-order valence-electron chi connectivity index (χ0n) is 13.5. The Kier molecular flexibility index (Phi) is 4.85. The summed E-state index contributed by atoms with van der Waals surface area (Å²) >= 11 is 4.65. The van der Waals surface area contributed by atoms with Crippen molar-refractivity contribution in [1.82, 2.24) is 4.90 Å². The van der Waals surface area contributed by atoms with Crippen LogP contribution in [0.1, 0.15) is 38.3 Å². The average Bonchev–Trinajstić information content (AvgIpc) is 2.81. The van der Waals surface area contributed by atoms with Crippen LogP contribution >= 0.6 is 12.6 Å². The molecule has 0 bridgehead atoms. The molecule has 0 aliphatic carbocycles. The highest BCUT2D eigenvalue weighted by molar-refractivity contribution is 7.81. The largest absolute Gasteiger partial charge is 0.447 e. The van der Waals surface area contributed by atoms with Crippen LogP contribution in [-0.4, -0.2) is 29.5 Å². The highest BCUT2D eigenvalue weighted by atomic mass is 32.1. The van der Waals surface area contributed by atoms with Crippen molar-refractivity contribution in [2.45, 2.75) is 44.9 Å². The lowest BCUT2D eigenvalue weighted by atomic mass is 9.94. The lowest BCUT2D eigenvalue weighted by Gasteiger charge is -2.28. The van der Waals surface area contributed by atoms with E-state index in [2.05, 4.69) is 12.6 Å². The Labute approximate surface area is 137 Å². The lowest BCUT2D eigenvalue weighted by molar-refractivity contribution is -0.130. The molecule has 1 fully saturated rings. The van der Waals surface area contributed by atoms with Crippen molar-refractivity contribution in [1.29, 1.82) is 0 Å². The number of ether oxygens (including phenoxy) is 1. The lowest BCUT2D eigenvalue weighted by Crippen LogP contribution is -2.43. The van der Waals surface area contributed by atoms with Crippen molar-refractivity contribution < 1.29 is 14.3 Å². The van der Waals surface area contributed by atoms with Crippen LogP contribution in [0.4, 0.5) is 4.79 Å². The molecule has 0 spiro atoms. The zero-order valence-corrected chi connectivity index (χ0v) is 14.4. The van der Waals surface area contributed by atoms with Gasteiger partial charge in [-0.05, 0) is 25.3 Å². The minimum atomic E-state index is -0.630. The molecule has 4 nitrogen and oxygen atoms in total. The summed E-state index contributed by atoms with van der Waals surface area (Å²) in [6.07, 6.45) is -0.394. The Morgan fingerprint density at radius 3 is 2.55 bits per heavy atom. The van der Waals surface area contributed by atoms with Gasteiger partial charge in [0.25, 0.3) is 0 Å². The molecule has 120 valence electrons. The van der Waals surface area contributed by atoms with Crippen LogP contribution in [0.2, 0.25) is 0 Å². The number of nitrogens with zero attached hydrogens (tertiary/aromatic N) is 1. The van der Waals surface area contributed by atoms with Gasteiger partial charge in [-0.25, -0.2) is 9.69 Å². The number of amides is 2. The fraction of sp³-hybridized carbons (Fsp3) is 0.529. The Bertz CT molecular complexity index is 566. The van der Waals surface area contributed by atoms with Crippen molar-refractivity contribution in [2.75, 3.05) is 6.61 Å². The van der Waals surface area contributed by atoms with Crippen LogP contribution < -0.4 is 0 Å². The highest BCUT2D eigenvalue weighted by Gasteiger charge is 2.41. The van der Waals surface area contributed by atoms with E-state index in [0.29, 0.717) is 0 Å². The molecule has 1 aromatic rings. The Hall–Kier alpha value is -1.49. The van der Waals surface area contributed by atoms with Crippen molar-refractivity contribution in [3.05, 3.63) is 35.4 Å². The molecule has 5 heteroatoms. The molecular weight excluding hydrogens is 298 g/mol. The molecule has 0 radical (unpaired) electrons. The third-order valence-corrected chi connectivity index (χ3v) is 4.53. The fourth-order valence-electron chi connectivity index (χ4n) is 2.61. The molecule has 2 atom stereocenters. The van der Waals surface area contributed by atoms with Crippen LogP contribution in [0.25, 0.3) is 0 Å². The van der Waals surface area contributed by atoms with Gasteiger partial charge < -0.3 is 4.74 Å². The van der Waals surface area contributed by atoms with E-state index in [4.69, 9.17) is 4.74 Å². The molecule has 0 aromatic heterocycles. The smallest absolute Gasteiger partial charge is 0.416 e. The molecule has 0 saturated carbocycles. The summed E-state index contributed by atoms with van der Waals surface area (Å²) < 4.78 is 4.41. The highest BCUT2D eigenvalue weighted by Crippen LogP contribution is 2.34. The number of aryl methyl sites for hydroxylation is 1. The summed E-state index contributed by atoms with van der Waals surface area (Å²) in [5, 5.41) is 0. The average molecular weight is 321 g/mol. The van der Waals surface area contributed by atoms with E-state index in [1.807, 2.05) is 52.0 Å². The second-order valence-corrected chi connectivity index (χ2v) is 7.46. The third kappa shape index (κ3) is 3.46. The van der Waals surface area contributed by atoms with Gasteiger partial charge >= 0.3 is 6.09 Å². The van der Waals surface area contributed by atoms with E-state index >= 15 is 0 Å². The maximum Gasteiger partial charge on any atom is 0.416 e. The van der Waals surface area contributed by atoms with E-state index < -0.39 is 10.8 Å². The minimum Gasteiger partial charge on any atom is -0.447 e. The summed E-state index contributed by atoms with van der Waals surface area (Å²) in [5.74, 6) is -0.0692. The van der Waals surface area contributed by atoms with Crippen LogP contribution in [0.15, 0.2) is 24.3 Å². The topological polar surface area (TPSA) is 46.6 Å². The van der Waals surface area contributed by atoms with E-state index in [0.717, 1.165) is 11.1 Å². The second kappa shape index (κ2) is 6.32. The number of carbonyl (C=O) groups excluding carboxylic acids is 2. The summed E-state index contributed by atoms with van der Waals surface area (Å²) in [7, 11) is 0. The Balaban J connectivity index is 2.16. The number of benzene rings is 1. The Morgan fingerprint density at radius 2 is 2.00 bits per heavy atom. The van der Waals surface area contributed by atoms with Gasteiger partial charge in [0.1, 0.15) is 6.61 Å². The first-order valence-electron chi connectivity index (χ1n) is 7.50. The molecule has 1 aromatic carbocycles. The molecule has 0 unspecified atom stereocenters. The molecular formula is C17H23NO3S. The minimum absolute atomic E-state index is 0.150. The zero-order chi connectivity index (χ0) is 16.5. The Morgan fingerprint density at radius 1 is 1.41 bits per heavy atom. The van der Waals surface area contributed by atoms with Gasteiger partial charge in [0.05, 0.1) is 6.04 Å².